The van der Waals surface area contributed by atoms with E-state index in [1.54, 1.807) is 23.1 Å². The van der Waals surface area contributed by atoms with E-state index in [0.29, 0.717) is 30.8 Å². The van der Waals surface area contributed by atoms with Crippen LogP contribution in [-0.4, -0.2) is 102 Å². The van der Waals surface area contributed by atoms with Gasteiger partial charge in [-0.2, -0.15) is 0 Å². The van der Waals surface area contributed by atoms with Gasteiger partial charge in [-0.25, -0.2) is 0 Å². The Balaban J connectivity index is 1.23. The molecule has 0 radical (unpaired) electrons. The minimum atomic E-state index is -0.599. The molecular weight excluding hydrogens is 616 g/mol. The largest absolute Gasteiger partial charge is 0.368 e. The highest BCUT2D eigenvalue weighted by atomic mass is 16.2. The molecule has 0 aromatic heterocycles. The van der Waals surface area contributed by atoms with Gasteiger partial charge in [-0.3, -0.25) is 19.2 Å². The predicted octanol–water partition coefficient (Wildman–Crippen LogP) is 3.79. The fourth-order valence-electron chi connectivity index (χ4n) is 7.54. The lowest BCUT2D eigenvalue weighted by Crippen LogP contribution is -2.47. The van der Waals surface area contributed by atoms with Crippen molar-refractivity contribution in [2.45, 2.75) is 50.6 Å². The molecule has 3 aliphatic heterocycles. The minimum absolute atomic E-state index is 0.0990. The van der Waals surface area contributed by atoms with Gasteiger partial charge >= 0.3 is 0 Å². The number of hydrogen-bond donors (Lipinski definition) is 2. The average Bonchev–Trinajstić information content (AvgIpc) is 3.65. The second-order valence-corrected chi connectivity index (χ2v) is 13.5. The fourth-order valence-corrected chi connectivity index (χ4v) is 7.54. The number of fused-ring (bicyclic) bond motifs is 1. The number of rotatable bonds is 13. The van der Waals surface area contributed by atoms with Crippen molar-refractivity contribution in [3.8, 4) is 0 Å². The van der Waals surface area contributed by atoms with Gasteiger partial charge in [0.2, 0.25) is 11.8 Å². The van der Waals surface area contributed by atoms with Crippen molar-refractivity contribution in [3.05, 3.63) is 107 Å². The fraction of sp³-hybridized carbons (Fsp3) is 0.436. The van der Waals surface area contributed by atoms with Crippen LogP contribution in [0.3, 0.4) is 0 Å². The summed E-state index contributed by atoms with van der Waals surface area (Å²) in [5.41, 5.74) is 8.95. The topological polar surface area (TPSA) is 119 Å². The molecule has 0 aliphatic carbocycles. The SMILES string of the molecule is NC(=O)CN(CCN1CCCCC1)C(=O)c1ccc(CN2C(=O)c3ccccc3C(C(=O)NCCN3CCCC3)C2c2ccccc2)cc1. The molecule has 3 aromatic rings. The van der Waals surface area contributed by atoms with E-state index in [1.165, 1.54) is 24.2 Å². The van der Waals surface area contributed by atoms with Crippen molar-refractivity contribution >= 4 is 23.6 Å². The zero-order valence-electron chi connectivity index (χ0n) is 28.3. The molecule has 3 aliphatic rings. The minimum Gasteiger partial charge on any atom is -0.368 e. The molecule has 2 unspecified atom stereocenters. The van der Waals surface area contributed by atoms with Gasteiger partial charge < -0.3 is 30.7 Å². The normalized spacial score (nSPS) is 19.8. The molecule has 3 heterocycles. The predicted molar refractivity (Wildman–Crippen MR) is 189 cm³/mol. The summed E-state index contributed by atoms with van der Waals surface area (Å²) in [6, 6.07) is 23.8. The number of likely N-dealkylation sites (tertiary alicyclic amines) is 2. The third-order valence-electron chi connectivity index (χ3n) is 10.1. The number of nitrogens with two attached hydrogens (primary N) is 1. The summed E-state index contributed by atoms with van der Waals surface area (Å²) < 4.78 is 0. The van der Waals surface area contributed by atoms with E-state index in [-0.39, 0.29) is 30.8 Å². The zero-order valence-corrected chi connectivity index (χ0v) is 28.3. The van der Waals surface area contributed by atoms with E-state index in [0.717, 1.165) is 62.3 Å². The Kier molecular flexibility index (Phi) is 11.4. The summed E-state index contributed by atoms with van der Waals surface area (Å²) in [4.78, 5) is 61.7. The Bertz CT molecular complexity index is 1600. The van der Waals surface area contributed by atoms with Crippen LogP contribution in [0.15, 0.2) is 78.9 Å². The van der Waals surface area contributed by atoms with Crippen LogP contribution in [-0.2, 0) is 16.1 Å². The van der Waals surface area contributed by atoms with Gasteiger partial charge in [-0.1, -0.05) is 67.1 Å². The molecule has 10 heteroatoms. The molecule has 0 saturated carbocycles. The molecule has 0 bridgehead atoms. The Morgan fingerprint density at radius 1 is 0.776 bits per heavy atom. The lowest BCUT2D eigenvalue weighted by molar-refractivity contribution is -0.124. The van der Waals surface area contributed by atoms with Crippen molar-refractivity contribution in [2.24, 2.45) is 5.73 Å². The monoisotopic (exact) mass is 664 g/mol. The van der Waals surface area contributed by atoms with Crippen molar-refractivity contribution in [1.82, 2.24) is 24.9 Å². The highest BCUT2D eigenvalue weighted by molar-refractivity contribution is 6.01. The summed E-state index contributed by atoms with van der Waals surface area (Å²) in [6.45, 7) is 6.69. The van der Waals surface area contributed by atoms with Crippen LogP contribution in [0.1, 0.15) is 81.5 Å². The maximum atomic E-state index is 14.2. The number of piperidine rings is 1. The number of primary amides is 1. The van der Waals surface area contributed by atoms with Gasteiger partial charge in [-0.05, 0) is 86.8 Å². The molecule has 6 rings (SSSR count). The van der Waals surface area contributed by atoms with E-state index in [2.05, 4.69) is 15.1 Å². The first-order valence-corrected chi connectivity index (χ1v) is 17.7. The zero-order chi connectivity index (χ0) is 34.2. The first-order valence-electron chi connectivity index (χ1n) is 17.7. The maximum absolute atomic E-state index is 14.2. The van der Waals surface area contributed by atoms with Gasteiger partial charge in [-0.15, -0.1) is 0 Å². The lowest BCUT2D eigenvalue weighted by Gasteiger charge is -2.42. The van der Waals surface area contributed by atoms with E-state index in [1.807, 2.05) is 60.7 Å². The van der Waals surface area contributed by atoms with Gasteiger partial charge in [0.1, 0.15) is 0 Å². The number of carbonyl (C=O) groups excluding carboxylic acids is 4. The summed E-state index contributed by atoms with van der Waals surface area (Å²) in [7, 11) is 0. The number of benzene rings is 3. The van der Waals surface area contributed by atoms with Gasteiger partial charge in [0.25, 0.3) is 11.8 Å². The number of nitrogens with one attached hydrogen (secondary N) is 1. The molecular formula is C39H48N6O4. The number of carbonyl (C=O) groups is 4. The highest BCUT2D eigenvalue weighted by Gasteiger charge is 2.44. The second kappa shape index (κ2) is 16.2. The molecule has 2 saturated heterocycles. The average molecular weight is 665 g/mol. The van der Waals surface area contributed by atoms with E-state index in [4.69, 9.17) is 5.73 Å². The quantitative estimate of drug-likeness (QED) is 0.287. The van der Waals surface area contributed by atoms with Crippen LogP contribution in [0.2, 0.25) is 0 Å². The lowest BCUT2D eigenvalue weighted by atomic mass is 9.79. The first kappa shape index (κ1) is 34.3. The molecule has 0 spiro atoms. The number of nitrogens with zero attached hydrogens (tertiary/aromatic N) is 4. The van der Waals surface area contributed by atoms with Gasteiger partial charge in [0, 0.05) is 43.9 Å². The molecule has 49 heavy (non-hydrogen) atoms. The van der Waals surface area contributed by atoms with Crippen LogP contribution < -0.4 is 11.1 Å². The maximum Gasteiger partial charge on any atom is 0.255 e. The van der Waals surface area contributed by atoms with Gasteiger partial charge in [0.15, 0.2) is 0 Å². The second-order valence-electron chi connectivity index (χ2n) is 13.5. The number of amides is 4. The Hall–Kier alpha value is -4.54. The Labute approximate surface area is 289 Å². The van der Waals surface area contributed by atoms with Crippen molar-refractivity contribution in [3.63, 3.8) is 0 Å². The smallest absolute Gasteiger partial charge is 0.255 e. The van der Waals surface area contributed by atoms with E-state index in [9.17, 15) is 19.2 Å². The van der Waals surface area contributed by atoms with Crippen LogP contribution in [0.25, 0.3) is 0 Å². The van der Waals surface area contributed by atoms with E-state index >= 15 is 0 Å². The third-order valence-corrected chi connectivity index (χ3v) is 10.1. The third kappa shape index (κ3) is 8.37. The number of hydrogen-bond acceptors (Lipinski definition) is 6. The van der Waals surface area contributed by atoms with Crippen LogP contribution in [0, 0.1) is 0 Å². The summed E-state index contributed by atoms with van der Waals surface area (Å²) in [5, 5.41) is 3.20. The van der Waals surface area contributed by atoms with Crippen molar-refractivity contribution < 1.29 is 19.2 Å². The summed E-state index contributed by atoms with van der Waals surface area (Å²) in [6.07, 6.45) is 5.89. The highest BCUT2D eigenvalue weighted by Crippen LogP contribution is 2.43. The molecule has 3 aromatic carbocycles. The molecule has 4 amide bonds. The molecule has 3 N–H and O–H groups in total. The molecule has 2 fully saturated rings. The Morgan fingerprint density at radius 2 is 1.41 bits per heavy atom. The first-order chi connectivity index (χ1) is 23.9. The summed E-state index contributed by atoms with van der Waals surface area (Å²) >= 11 is 0. The molecule has 10 nitrogen and oxygen atoms in total. The standard InChI is InChI=1S/C39H48N6O4/c40-34(46)28-44(26-25-43-20-7-2-8-21-43)38(48)31-17-15-29(16-18-31)27-45-36(30-11-3-1-4-12-30)35(32-13-5-6-14-33(32)39(45)49)37(47)41-19-24-42-22-9-10-23-42/h1,3-6,11-18,35-36H,2,7-10,19-28H2,(H2,40,46)(H,41,47). The van der Waals surface area contributed by atoms with E-state index < -0.39 is 17.9 Å². The van der Waals surface area contributed by atoms with Gasteiger partial charge in [0.05, 0.1) is 18.5 Å². The molecule has 2 atom stereocenters. The molecule has 258 valence electrons. The van der Waals surface area contributed by atoms with Crippen LogP contribution in [0.5, 0.6) is 0 Å². The summed E-state index contributed by atoms with van der Waals surface area (Å²) in [5.74, 6) is -1.64. The van der Waals surface area contributed by atoms with Crippen LogP contribution >= 0.6 is 0 Å². The van der Waals surface area contributed by atoms with Crippen molar-refractivity contribution in [1.29, 1.82) is 0 Å². The van der Waals surface area contributed by atoms with Crippen LogP contribution in [0.4, 0.5) is 0 Å². The van der Waals surface area contributed by atoms with Crippen molar-refractivity contribution in [2.75, 3.05) is 58.9 Å². The Morgan fingerprint density at radius 3 is 2.10 bits per heavy atom.